The Hall–Kier alpha value is -2.93. The van der Waals surface area contributed by atoms with E-state index in [2.05, 4.69) is 10.6 Å². The van der Waals surface area contributed by atoms with Crippen molar-refractivity contribution in [3.63, 3.8) is 0 Å². The summed E-state index contributed by atoms with van der Waals surface area (Å²) in [4.78, 5) is 22.3. The smallest absolute Gasteiger partial charge is 0.269 e. The highest BCUT2D eigenvalue weighted by molar-refractivity contribution is 5.94. The predicted octanol–water partition coefficient (Wildman–Crippen LogP) is 3.36. The Labute approximate surface area is 152 Å². The number of hydrogen-bond donors (Lipinski definition) is 2. The Morgan fingerprint density at radius 2 is 1.73 bits per heavy atom. The number of nitro benzene ring substituents is 1. The van der Waals surface area contributed by atoms with Gasteiger partial charge in [0.1, 0.15) is 0 Å². The fourth-order valence-electron chi connectivity index (χ4n) is 2.20. The summed E-state index contributed by atoms with van der Waals surface area (Å²) in [5.41, 5.74) is 2.43. The van der Waals surface area contributed by atoms with Gasteiger partial charge in [0, 0.05) is 36.5 Å². The highest BCUT2D eigenvalue weighted by Crippen LogP contribution is 2.14. The summed E-state index contributed by atoms with van der Waals surface area (Å²) >= 11 is 0. The summed E-state index contributed by atoms with van der Waals surface area (Å²) in [7, 11) is 0. The maximum atomic E-state index is 12.1. The molecule has 0 aromatic heterocycles. The minimum absolute atomic E-state index is 0.0473. The second-order valence-electron chi connectivity index (χ2n) is 6.04. The van der Waals surface area contributed by atoms with Crippen LogP contribution < -0.4 is 10.6 Å². The Morgan fingerprint density at radius 3 is 2.31 bits per heavy atom. The molecule has 0 radical (unpaired) electrons. The topological polar surface area (TPSA) is 93.5 Å². The number of nitrogens with zero attached hydrogens (tertiary/aromatic N) is 1. The zero-order chi connectivity index (χ0) is 18.9. The Bertz CT molecular complexity index is 727. The van der Waals surface area contributed by atoms with E-state index >= 15 is 0 Å². The monoisotopic (exact) mass is 357 g/mol. The standard InChI is InChI=1S/C19H23N3O4/c1-14(2)26-13-15-3-5-16(6-4-15)19(23)21-12-11-20-17-7-9-18(10-8-17)22(24)25/h3-10,14,20H,11-13H2,1-2H3,(H,21,23). The van der Waals surface area contributed by atoms with Gasteiger partial charge in [-0.15, -0.1) is 0 Å². The molecule has 0 atom stereocenters. The van der Waals surface area contributed by atoms with Gasteiger partial charge >= 0.3 is 0 Å². The van der Waals surface area contributed by atoms with Gasteiger partial charge in [0.05, 0.1) is 17.6 Å². The average molecular weight is 357 g/mol. The lowest BCUT2D eigenvalue weighted by Crippen LogP contribution is -2.28. The fourth-order valence-corrected chi connectivity index (χ4v) is 2.20. The predicted molar refractivity (Wildman–Crippen MR) is 100 cm³/mol. The highest BCUT2D eigenvalue weighted by atomic mass is 16.6. The first-order valence-electron chi connectivity index (χ1n) is 8.43. The number of carbonyl (C=O) groups excluding carboxylic acids is 1. The molecule has 26 heavy (non-hydrogen) atoms. The van der Waals surface area contributed by atoms with E-state index in [0.717, 1.165) is 11.3 Å². The Kier molecular flexibility index (Phi) is 7.11. The first-order chi connectivity index (χ1) is 12.5. The van der Waals surface area contributed by atoms with Crippen molar-refractivity contribution >= 4 is 17.3 Å². The van der Waals surface area contributed by atoms with Crippen LogP contribution in [0.15, 0.2) is 48.5 Å². The van der Waals surface area contributed by atoms with Crippen molar-refractivity contribution < 1.29 is 14.5 Å². The van der Waals surface area contributed by atoms with Gasteiger partial charge in [0.15, 0.2) is 0 Å². The third-order valence-electron chi connectivity index (χ3n) is 3.62. The van der Waals surface area contributed by atoms with Crippen molar-refractivity contribution in [1.29, 1.82) is 0 Å². The summed E-state index contributed by atoms with van der Waals surface area (Å²) in [5, 5.41) is 16.5. The van der Waals surface area contributed by atoms with Crippen LogP contribution in [0.1, 0.15) is 29.8 Å². The molecule has 0 aliphatic rings. The molecule has 0 saturated carbocycles. The number of rotatable bonds is 9. The quantitative estimate of drug-likeness (QED) is 0.408. The number of hydrogen-bond acceptors (Lipinski definition) is 5. The van der Waals surface area contributed by atoms with Crippen LogP contribution in [0.4, 0.5) is 11.4 Å². The van der Waals surface area contributed by atoms with Gasteiger partial charge in [-0.1, -0.05) is 12.1 Å². The average Bonchev–Trinajstić information content (AvgIpc) is 2.64. The Balaban J connectivity index is 1.73. The summed E-state index contributed by atoms with van der Waals surface area (Å²) in [6.07, 6.45) is 0.168. The van der Waals surface area contributed by atoms with Gasteiger partial charge in [-0.3, -0.25) is 14.9 Å². The molecule has 0 aliphatic heterocycles. The third kappa shape index (κ3) is 6.18. The normalized spacial score (nSPS) is 10.6. The van der Waals surface area contributed by atoms with Gasteiger partial charge in [-0.2, -0.15) is 0 Å². The van der Waals surface area contributed by atoms with E-state index in [1.807, 2.05) is 26.0 Å². The van der Waals surface area contributed by atoms with Crippen molar-refractivity contribution in [1.82, 2.24) is 5.32 Å². The lowest BCUT2D eigenvalue weighted by Gasteiger charge is -2.09. The molecule has 0 saturated heterocycles. The number of nitrogens with one attached hydrogen (secondary N) is 2. The summed E-state index contributed by atoms with van der Waals surface area (Å²) < 4.78 is 5.52. The molecule has 2 N–H and O–H groups in total. The zero-order valence-electron chi connectivity index (χ0n) is 14.9. The first-order valence-corrected chi connectivity index (χ1v) is 8.43. The molecule has 0 unspecified atom stereocenters. The molecular weight excluding hydrogens is 334 g/mol. The van der Waals surface area contributed by atoms with Crippen LogP contribution in [0.25, 0.3) is 0 Å². The van der Waals surface area contributed by atoms with Crippen molar-refractivity contribution in [2.24, 2.45) is 0 Å². The molecule has 0 fully saturated rings. The molecule has 2 aromatic rings. The first kappa shape index (κ1) is 19.4. The molecule has 7 heteroatoms. The van der Waals surface area contributed by atoms with Crippen molar-refractivity contribution in [3.05, 3.63) is 69.8 Å². The third-order valence-corrected chi connectivity index (χ3v) is 3.62. The second kappa shape index (κ2) is 9.53. The summed E-state index contributed by atoms with van der Waals surface area (Å²) in [6.45, 7) is 5.44. The maximum absolute atomic E-state index is 12.1. The fraction of sp³-hybridized carbons (Fsp3) is 0.316. The summed E-state index contributed by atoms with van der Waals surface area (Å²) in [6, 6.07) is 13.5. The molecule has 0 heterocycles. The van der Waals surface area contributed by atoms with E-state index in [4.69, 9.17) is 4.74 Å². The molecular formula is C19H23N3O4. The van der Waals surface area contributed by atoms with Crippen LogP contribution in [0.2, 0.25) is 0 Å². The van der Waals surface area contributed by atoms with Crippen LogP contribution in [-0.4, -0.2) is 30.0 Å². The van der Waals surface area contributed by atoms with Crippen LogP contribution in [0.3, 0.4) is 0 Å². The highest BCUT2D eigenvalue weighted by Gasteiger charge is 2.06. The van der Waals surface area contributed by atoms with Crippen LogP contribution in [0, 0.1) is 10.1 Å². The number of benzene rings is 2. The Morgan fingerprint density at radius 1 is 1.08 bits per heavy atom. The molecule has 1 amide bonds. The van der Waals surface area contributed by atoms with Crippen LogP contribution in [-0.2, 0) is 11.3 Å². The van der Waals surface area contributed by atoms with Gasteiger partial charge in [-0.05, 0) is 43.7 Å². The van der Waals surface area contributed by atoms with E-state index < -0.39 is 4.92 Å². The van der Waals surface area contributed by atoms with E-state index in [0.29, 0.717) is 25.3 Å². The zero-order valence-corrected chi connectivity index (χ0v) is 14.9. The molecule has 2 aromatic carbocycles. The minimum Gasteiger partial charge on any atom is -0.383 e. The molecule has 138 valence electrons. The van der Waals surface area contributed by atoms with E-state index in [1.165, 1.54) is 12.1 Å². The van der Waals surface area contributed by atoms with E-state index in [1.54, 1.807) is 24.3 Å². The molecule has 0 spiro atoms. The van der Waals surface area contributed by atoms with Gasteiger partial charge in [0.2, 0.25) is 0 Å². The lowest BCUT2D eigenvalue weighted by molar-refractivity contribution is -0.384. The molecule has 7 nitrogen and oxygen atoms in total. The number of anilines is 1. The lowest BCUT2D eigenvalue weighted by atomic mass is 10.1. The van der Waals surface area contributed by atoms with Crippen molar-refractivity contribution in [2.75, 3.05) is 18.4 Å². The number of carbonyl (C=O) groups is 1. The van der Waals surface area contributed by atoms with Crippen LogP contribution in [0.5, 0.6) is 0 Å². The molecule has 0 aliphatic carbocycles. The van der Waals surface area contributed by atoms with Gasteiger partial charge in [0.25, 0.3) is 11.6 Å². The van der Waals surface area contributed by atoms with E-state index in [-0.39, 0.29) is 17.7 Å². The number of non-ortho nitro benzene ring substituents is 1. The van der Waals surface area contributed by atoms with Crippen molar-refractivity contribution in [3.8, 4) is 0 Å². The molecule has 2 rings (SSSR count). The number of ether oxygens (including phenoxy) is 1. The minimum atomic E-state index is -0.440. The number of nitro groups is 1. The van der Waals surface area contributed by atoms with Gasteiger partial charge < -0.3 is 15.4 Å². The summed E-state index contributed by atoms with van der Waals surface area (Å²) in [5.74, 6) is -0.146. The SMILES string of the molecule is CC(C)OCc1ccc(C(=O)NCCNc2ccc([N+](=O)[O-])cc2)cc1. The second-order valence-corrected chi connectivity index (χ2v) is 6.04. The van der Waals surface area contributed by atoms with E-state index in [9.17, 15) is 14.9 Å². The van der Waals surface area contributed by atoms with Gasteiger partial charge in [-0.25, -0.2) is 0 Å². The van der Waals surface area contributed by atoms with Crippen LogP contribution >= 0.6 is 0 Å². The van der Waals surface area contributed by atoms with Crippen molar-refractivity contribution in [2.45, 2.75) is 26.6 Å². The largest absolute Gasteiger partial charge is 0.383 e. The molecule has 0 bridgehead atoms. The number of amides is 1. The maximum Gasteiger partial charge on any atom is 0.269 e.